The third kappa shape index (κ3) is 0.926. The average molecular weight is 141 g/mol. The number of carboxylic acid groups (broad SMARTS) is 1. The van der Waals surface area contributed by atoms with Crippen molar-refractivity contribution >= 4 is 5.97 Å². The predicted molar refractivity (Wildman–Crippen MR) is 37.5 cm³/mol. The third-order valence-corrected chi connectivity index (χ3v) is 2.00. The van der Waals surface area contributed by atoms with Crippen LogP contribution in [0.2, 0.25) is 0 Å². The molecular formula is C7H11NO2. The minimum Gasteiger partial charge on any atom is -0.480 e. The van der Waals surface area contributed by atoms with E-state index in [4.69, 9.17) is 10.8 Å². The van der Waals surface area contributed by atoms with Gasteiger partial charge in [0.1, 0.15) is 5.54 Å². The number of hydrogen-bond donors (Lipinski definition) is 2. The molecule has 0 heterocycles. The Hall–Kier alpha value is -0.830. The highest BCUT2D eigenvalue weighted by atomic mass is 16.4. The molecule has 0 aromatic carbocycles. The van der Waals surface area contributed by atoms with Crippen LogP contribution in [0.3, 0.4) is 0 Å². The first-order valence-corrected chi connectivity index (χ1v) is 3.24. The molecule has 56 valence electrons. The summed E-state index contributed by atoms with van der Waals surface area (Å²) in [4.78, 5) is 10.4. The molecule has 1 rings (SSSR count). The standard InChI is InChI=1S/C7H11NO2/c1-2-3-5-4-7(5,8)6(9)10/h2,5H,1,3-4,8H2,(H,9,10). The number of carbonyl (C=O) groups is 1. The van der Waals surface area contributed by atoms with Crippen LogP contribution in [0, 0.1) is 5.92 Å². The van der Waals surface area contributed by atoms with E-state index in [2.05, 4.69) is 6.58 Å². The molecule has 0 bridgehead atoms. The molecule has 0 radical (unpaired) electrons. The van der Waals surface area contributed by atoms with Gasteiger partial charge in [0, 0.05) is 0 Å². The maximum Gasteiger partial charge on any atom is 0.323 e. The molecule has 1 saturated carbocycles. The van der Waals surface area contributed by atoms with Crippen molar-refractivity contribution in [2.45, 2.75) is 18.4 Å². The lowest BCUT2D eigenvalue weighted by Gasteiger charge is -2.01. The molecule has 1 aliphatic rings. The fourth-order valence-corrected chi connectivity index (χ4v) is 1.11. The molecule has 0 aromatic heterocycles. The smallest absolute Gasteiger partial charge is 0.323 e. The Morgan fingerprint density at radius 3 is 2.90 bits per heavy atom. The Kier molecular flexibility index (Phi) is 1.52. The second kappa shape index (κ2) is 2.09. The summed E-state index contributed by atoms with van der Waals surface area (Å²) in [5.74, 6) is -0.776. The summed E-state index contributed by atoms with van der Waals surface area (Å²) in [5, 5.41) is 8.55. The van der Waals surface area contributed by atoms with Gasteiger partial charge in [0.05, 0.1) is 0 Å². The molecule has 10 heavy (non-hydrogen) atoms. The molecular weight excluding hydrogens is 130 g/mol. The van der Waals surface area contributed by atoms with E-state index in [1.807, 2.05) is 0 Å². The number of rotatable bonds is 3. The van der Waals surface area contributed by atoms with Crippen molar-refractivity contribution in [3.05, 3.63) is 12.7 Å². The van der Waals surface area contributed by atoms with Gasteiger partial charge in [-0.2, -0.15) is 0 Å². The highest BCUT2D eigenvalue weighted by molar-refractivity contribution is 5.82. The van der Waals surface area contributed by atoms with Gasteiger partial charge in [-0.3, -0.25) is 4.79 Å². The van der Waals surface area contributed by atoms with Gasteiger partial charge in [-0.05, 0) is 18.8 Å². The number of allylic oxidation sites excluding steroid dienone is 1. The zero-order chi connectivity index (χ0) is 7.78. The van der Waals surface area contributed by atoms with Crippen molar-refractivity contribution in [2.75, 3.05) is 0 Å². The Morgan fingerprint density at radius 2 is 2.60 bits per heavy atom. The van der Waals surface area contributed by atoms with Crippen LogP contribution in [0.15, 0.2) is 12.7 Å². The highest BCUT2D eigenvalue weighted by Gasteiger charge is 2.56. The van der Waals surface area contributed by atoms with Crippen molar-refractivity contribution in [3.63, 3.8) is 0 Å². The number of aliphatic carboxylic acids is 1. The van der Waals surface area contributed by atoms with Crippen LogP contribution in [0.5, 0.6) is 0 Å². The number of carboxylic acids is 1. The van der Waals surface area contributed by atoms with Gasteiger partial charge in [-0.1, -0.05) is 6.08 Å². The summed E-state index contributed by atoms with van der Waals surface area (Å²) in [5.41, 5.74) is 4.54. The summed E-state index contributed by atoms with van der Waals surface area (Å²) in [6, 6.07) is 0. The van der Waals surface area contributed by atoms with Crippen LogP contribution in [-0.4, -0.2) is 16.6 Å². The Bertz CT molecular complexity index is 178. The van der Waals surface area contributed by atoms with E-state index < -0.39 is 11.5 Å². The van der Waals surface area contributed by atoms with Crippen LogP contribution < -0.4 is 5.73 Å². The normalized spacial score (nSPS) is 37.1. The van der Waals surface area contributed by atoms with Gasteiger partial charge in [0.2, 0.25) is 0 Å². The van der Waals surface area contributed by atoms with Crippen LogP contribution in [0.25, 0.3) is 0 Å². The van der Waals surface area contributed by atoms with Crippen molar-refractivity contribution in [1.82, 2.24) is 0 Å². The monoisotopic (exact) mass is 141 g/mol. The Morgan fingerprint density at radius 1 is 2.00 bits per heavy atom. The van der Waals surface area contributed by atoms with Crippen molar-refractivity contribution in [1.29, 1.82) is 0 Å². The van der Waals surface area contributed by atoms with Gasteiger partial charge in [-0.15, -0.1) is 6.58 Å². The van der Waals surface area contributed by atoms with Gasteiger partial charge < -0.3 is 10.8 Å². The highest BCUT2D eigenvalue weighted by Crippen LogP contribution is 2.43. The summed E-state index contributed by atoms with van der Waals surface area (Å²) in [6.07, 6.45) is 3.01. The molecule has 0 spiro atoms. The molecule has 1 aliphatic carbocycles. The van der Waals surface area contributed by atoms with Crippen LogP contribution in [-0.2, 0) is 4.79 Å². The van der Waals surface area contributed by atoms with Gasteiger partial charge in [0.25, 0.3) is 0 Å². The first-order chi connectivity index (χ1) is 4.61. The van der Waals surface area contributed by atoms with Crippen LogP contribution in [0.1, 0.15) is 12.8 Å². The Labute approximate surface area is 59.5 Å². The minimum atomic E-state index is -0.936. The van der Waals surface area contributed by atoms with Crippen LogP contribution in [0.4, 0.5) is 0 Å². The van der Waals surface area contributed by atoms with Gasteiger partial charge >= 0.3 is 5.97 Å². The van der Waals surface area contributed by atoms with E-state index in [0.29, 0.717) is 12.8 Å². The number of nitrogens with two attached hydrogens (primary N) is 1. The third-order valence-electron chi connectivity index (χ3n) is 2.00. The lowest BCUT2D eigenvalue weighted by atomic mass is 10.2. The van der Waals surface area contributed by atoms with Crippen LogP contribution >= 0.6 is 0 Å². The number of hydrogen-bond acceptors (Lipinski definition) is 2. The fraction of sp³-hybridized carbons (Fsp3) is 0.571. The zero-order valence-electron chi connectivity index (χ0n) is 5.71. The van der Waals surface area contributed by atoms with E-state index >= 15 is 0 Å². The lowest BCUT2D eigenvalue weighted by molar-refractivity contribution is -0.140. The summed E-state index contributed by atoms with van der Waals surface area (Å²) in [7, 11) is 0. The second-order valence-electron chi connectivity index (χ2n) is 2.77. The molecule has 0 amide bonds. The molecule has 3 nitrogen and oxygen atoms in total. The van der Waals surface area contributed by atoms with E-state index in [1.165, 1.54) is 0 Å². The summed E-state index contributed by atoms with van der Waals surface area (Å²) < 4.78 is 0. The molecule has 1 fully saturated rings. The quantitative estimate of drug-likeness (QED) is 0.558. The summed E-state index contributed by atoms with van der Waals surface area (Å²) >= 11 is 0. The van der Waals surface area contributed by atoms with Crippen molar-refractivity contribution < 1.29 is 9.90 Å². The molecule has 0 saturated heterocycles. The molecule has 0 aliphatic heterocycles. The first-order valence-electron chi connectivity index (χ1n) is 3.24. The predicted octanol–water partition coefficient (Wildman–Crippen LogP) is 0.365. The van der Waals surface area contributed by atoms with Gasteiger partial charge in [0.15, 0.2) is 0 Å². The molecule has 0 aromatic rings. The fourth-order valence-electron chi connectivity index (χ4n) is 1.11. The molecule has 3 heteroatoms. The molecule has 2 atom stereocenters. The van der Waals surface area contributed by atoms with Crippen molar-refractivity contribution in [3.8, 4) is 0 Å². The van der Waals surface area contributed by atoms with E-state index in [1.54, 1.807) is 6.08 Å². The lowest BCUT2D eigenvalue weighted by Crippen LogP contribution is -2.34. The average Bonchev–Trinajstić information content (AvgIpc) is 2.45. The van der Waals surface area contributed by atoms with E-state index in [-0.39, 0.29) is 5.92 Å². The second-order valence-corrected chi connectivity index (χ2v) is 2.77. The Balaban J connectivity index is 2.48. The SMILES string of the molecule is C=CCC1CC1(N)C(=O)O. The largest absolute Gasteiger partial charge is 0.480 e. The van der Waals surface area contributed by atoms with Gasteiger partial charge in [-0.25, -0.2) is 0 Å². The zero-order valence-corrected chi connectivity index (χ0v) is 5.71. The van der Waals surface area contributed by atoms with Crippen molar-refractivity contribution in [2.24, 2.45) is 11.7 Å². The maximum atomic E-state index is 10.4. The molecule has 3 N–H and O–H groups in total. The van der Waals surface area contributed by atoms with E-state index in [0.717, 1.165) is 0 Å². The minimum absolute atomic E-state index is 0.113. The first kappa shape index (κ1) is 7.28. The maximum absolute atomic E-state index is 10.4. The summed E-state index contributed by atoms with van der Waals surface area (Å²) in [6.45, 7) is 3.52. The van der Waals surface area contributed by atoms with E-state index in [9.17, 15) is 4.79 Å². The topological polar surface area (TPSA) is 63.3 Å². The molecule has 2 unspecified atom stereocenters.